The molecule has 0 rings (SSSR count). The van der Waals surface area contributed by atoms with Crippen molar-refractivity contribution in [3.63, 3.8) is 0 Å². The summed E-state index contributed by atoms with van der Waals surface area (Å²) >= 11 is 49.9. The maximum Gasteiger partial charge on any atom is 1.00 e. The molecule has 9 nitrogen and oxygen atoms in total. The molecule has 0 aromatic carbocycles. The molecule has 0 saturated heterocycles. The van der Waals surface area contributed by atoms with Gasteiger partial charge in [0.15, 0.2) is 82.9 Å². The van der Waals surface area contributed by atoms with Crippen LogP contribution in [-0.4, -0.2) is 174 Å². The van der Waals surface area contributed by atoms with Crippen molar-refractivity contribution in [2.45, 2.75) is 0 Å². The van der Waals surface area contributed by atoms with Crippen molar-refractivity contribution < 1.29 is 59.3 Å². The van der Waals surface area contributed by atoms with Gasteiger partial charge in [0.1, 0.15) is 19.8 Å². The molecule has 0 heterocycles. The van der Waals surface area contributed by atoms with Crippen molar-refractivity contribution in [3.8, 4) is 0 Å². The average molecular weight is 3050 g/mol. The third-order valence-corrected chi connectivity index (χ3v) is 59.9. The standard InChI is InChI=1S/C6H15B24I20N3O6.Na/c7-9(31)11(33)13(35)21(43)27(51-4(57)1-54)23(45)17(39)15(37)19(41)25(47)29(49)53(6(59)3-56)30(50)26(48)20(42)16(38)18(40)24(46)28(52-5(58)2-55)22(44)14(36)12(34)10(8)32;/h54-56H,1-3,7-8H2,(H,51,57)(H,52,58);/q;+1. The van der Waals surface area contributed by atoms with Gasteiger partial charge in [-0.15, -0.1) is 44.7 Å². The Labute approximate surface area is 657 Å². The van der Waals surface area contributed by atoms with Gasteiger partial charge in [0, 0.05) is 0 Å². The summed E-state index contributed by atoms with van der Waals surface area (Å²) in [6.45, 7) is -2.02. The van der Waals surface area contributed by atoms with Gasteiger partial charge in [-0.25, -0.2) is 0 Å². The van der Waals surface area contributed by atoms with Gasteiger partial charge in [-0.2, -0.15) is 403 Å². The number of amides is 3. The quantitative estimate of drug-likeness (QED) is 0.0596. The molecule has 302 valence electrons. The van der Waals surface area contributed by atoms with Crippen molar-refractivity contribution in [2.24, 2.45) is 0 Å². The zero-order valence-corrected chi connectivity index (χ0v) is 76.0. The summed E-state index contributed by atoms with van der Waals surface area (Å²) in [5, 5.41) is 36.0. The Morgan fingerprint density at radius 2 is 0.600 bits per heavy atom. The predicted octanol–water partition coefficient (Wildman–Crippen LogP) is 0.362. The molecular weight excluding hydrogens is 3030 g/mol. The summed E-state index contributed by atoms with van der Waals surface area (Å²) in [7, 11) is 4.42. The number of aliphatic hydroxyl groups is 3. The fourth-order valence-electron chi connectivity index (χ4n) is 4.94. The van der Waals surface area contributed by atoms with E-state index in [1.165, 1.54) is 0 Å². The number of carbonyl (C=O) groups is 3. The van der Waals surface area contributed by atoms with Gasteiger partial charge < -0.3 is 30.5 Å². The third kappa shape index (κ3) is 26.1. The van der Waals surface area contributed by atoms with Gasteiger partial charge in [-0.05, 0) is 0 Å². The summed E-state index contributed by atoms with van der Waals surface area (Å²) in [6, 6.07) is 0. The molecule has 0 aromatic rings. The number of nitrogens with zero attached hydrogens (tertiary/aromatic N) is 1. The SMILES string of the molecule is BB(I)B(I)B(I)B(I)B(NC(=O)CO)B(I)B(I)B(I)B(I)B(I)B(I)N(B(I)B(I)B(I)B(I)B(I)B(I)B(NC(=O)CO)B(I)B(I)B(I)B(B)I)C(=O)CO.[Na+]. The first-order chi connectivity index (χ1) is 27.1. The van der Waals surface area contributed by atoms with Crippen LogP contribution in [0.5, 0.6) is 0 Å². The number of hydrogen-bond donors (Lipinski definition) is 5. The van der Waals surface area contributed by atoms with Crippen molar-refractivity contribution in [2.75, 3.05) is 19.8 Å². The fraction of sp³-hybridized carbons (Fsp3) is 0.500. The Kier molecular flexibility index (Phi) is 53.5. The normalized spacial score (nSPS) is 9.98. The predicted molar refractivity (Wildman–Crippen MR) is 468 cm³/mol. The summed E-state index contributed by atoms with van der Waals surface area (Å²) in [5.41, 5.74) is 0. The van der Waals surface area contributed by atoms with Crippen LogP contribution in [0.25, 0.3) is 0 Å². The zero-order chi connectivity index (χ0) is 46.5. The Morgan fingerprint density at radius 1 is 0.383 bits per heavy atom. The van der Waals surface area contributed by atoms with Gasteiger partial charge in [-0.1, -0.05) is 0 Å². The second-order valence-electron chi connectivity index (χ2n) is 12.7. The molecule has 0 unspecified atom stereocenters. The molecule has 0 aromatic heterocycles. The van der Waals surface area contributed by atoms with E-state index in [-0.39, 0.29) is 131 Å². The molecule has 0 fully saturated rings. The number of rotatable bonds is 27. The first-order valence-electron chi connectivity index (χ1n) is 16.6. The minimum Gasteiger partial charge on any atom is -0.423 e. The zero-order valence-electron chi connectivity index (χ0n) is 30.9. The second-order valence-corrected chi connectivity index (χ2v) is 42.2. The number of hydrogen-bond acceptors (Lipinski definition) is 6. The van der Waals surface area contributed by atoms with E-state index in [1.807, 2.05) is 4.72 Å². The number of carbonyl (C=O) groups excluding carboxylic acids is 3. The summed E-state index contributed by atoms with van der Waals surface area (Å²) in [4.78, 5) is 39.0. The Hall–Kier alpha value is 15.4. The molecule has 0 atom stereocenters. The topological polar surface area (TPSA) is 139 Å². The van der Waals surface area contributed by atoms with E-state index >= 15 is 0 Å². The minimum absolute atomic E-state index is 0. The summed E-state index contributed by atoms with van der Waals surface area (Å²) in [5.74, 6) is -1.04. The maximum atomic E-state index is 13.7. The van der Waals surface area contributed by atoms with Crippen molar-refractivity contribution in [1.29, 1.82) is 0 Å². The van der Waals surface area contributed by atoms with Crippen LogP contribution in [0.3, 0.4) is 0 Å². The fourth-order valence-corrected chi connectivity index (χ4v) is 34.0. The van der Waals surface area contributed by atoms with E-state index in [9.17, 15) is 29.7 Å². The van der Waals surface area contributed by atoms with Crippen LogP contribution in [0.15, 0.2) is 0 Å². The van der Waals surface area contributed by atoms with Crippen LogP contribution in [0.2, 0.25) is 0 Å². The van der Waals surface area contributed by atoms with Gasteiger partial charge in [-0.3, -0.25) is 14.4 Å². The van der Waals surface area contributed by atoms with E-state index in [4.69, 9.17) is 0 Å². The van der Waals surface area contributed by atoms with Crippen LogP contribution in [0.4, 0.5) is 0 Å². The van der Waals surface area contributed by atoms with E-state index in [1.54, 1.807) is 0 Å². The molecule has 0 radical (unpaired) electrons. The Balaban J connectivity index is 0. The molecule has 54 heteroatoms. The molecule has 0 aliphatic rings. The smallest absolute Gasteiger partial charge is 0.423 e. The largest absolute Gasteiger partial charge is 1.00 e. The number of nitrogens with one attached hydrogen (secondary N) is 2. The molecule has 0 aliphatic carbocycles. The minimum atomic E-state index is -0.580. The first-order valence-corrected chi connectivity index (χ1v) is 41.5. The molecule has 0 saturated carbocycles. The first kappa shape index (κ1) is 77.5. The average Bonchev–Trinajstić information content (AvgIpc) is 3.22. The van der Waals surface area contributed by atoms with Crippen LogP contribution < -0.4 is 40.0 Å². The van der Waals surface area contributed by atoms with E-state index in [2.05, 4.69) is 473 Å². The van der Waals surface area contributed by atoms with Crippen LogP contribution >= 0.6 is 447 Å². The second kappa shape index (κ2) is 41.4. The van der Waals surface area contributed by atoms with Gasteiger partial charge in [0.25, 0.3) is 9.19 Å². The van der Waals surface area contributed by atoms with Gasteiger partial charge >= 0.3 is 29.6 Å². The molecular formula is C6H15B24I20N3NaO6+. The number of halogens is 20. The molecule has 60 heavy (non-hydrogen) atoms. The molecule has 3 amide bonds. The third-order valence-electron chi connectivity index (χ3n) is 8.32. The monoisotopic (exact) mass is 3050 g/mol. The van der Waals surface area contributed by atoms with E-state index in [0.717, 1.165) is 0 Å². The summed E-state index contributed by atoms with van der Waals surface area (Å²) < 4.78 is 4.96. The number of aliphatic hydroxyl groups excluding tert-OH is 3. The molecule has 0 spiro atoms. The Morgan fingerprint density at radius 3 is 0.817 bits per heavy atom. The van der Waals surface area contributed by atoms with E-state index in [0.29, 0.717) is 17.4 Å². The van der Waals surface area contributed by atoms with E-state index < -0.39 is 19.8 Å². The maximum absolute atomic E-state index is 13.7. The molecule has 5 N–H and O–H groups in total. The van der Waals surface area contributed by atoms with Crippen molar-refractivity contribution in [1.82, 2.24) is 15.2 Å². The summed E-state index contributed by atoms with van der Waals surface area (Å²) in [6.07, 6.45) is 0. The Bertz CT molecular complexity index is 1220. The van der Waals surface area contributed by atoms with Crippen LogP contribution in [0, 0.1) is 0 Å². The van der Waals surface area contributed by atoms with Crippen molar-refractivity contribution >= 4 is 581 Å². The van der Waals surface area contributed by atoms with Gasteiger partial charge in [0.2, 0.25) is 26.4 Å². The molecule has 0 bridgehead atoms. The van der Waals surface area contributed by atoms with Crippen LogP contribution in [0.1, 0.15) is 0 Å². The molecule has 0 aliphatic heterocycles. The van der Waals surface area contributed by atoms with Gasteiger partial charge in [0.05, 0.1) is 15.5 Å². The van der Waals surface area contributed by atoms with Crippen LogP contribution in [-0.2, 0) is 14.4 Å². The van der Waals surface area contributed by atoms with Crippen molar-refractivity contribution in [3.05, 3.63) is 0 Å².